The molecule has 1 N–H and O–H groups in total. The van der Waals surface area contributed by atoms with Crippen molar-refractivity contribution in [1.29, 1.82) is 0 Å². The minimum absolute atomic E-state index is 0.184. The normalized spacial score (nSPS) is 25.9. The van der Waals surface area contributed by atoms with E-state index in [2.05, 4.69) is 65.7 Å². The van der Waals surface area contributed by atoms with Crippen LogP contribution in [-0.2, 0) is 4.79 Å². The average molecular weight is 393 g/mol. The fourth-order valence-corrected chi connectivity index (χ4v) is 6.67. The molecule has 2 bridgehead atoms. The van der Waals surface area contributed by atoms with E-state index in [1.807, 2.05) is 11.8 Å². The molecule has 0 saturated heterocycles. The van der Waals surface area contributed by atoms with Gasteiger partial charge in [-0.25, -0.2) is 0 Å². The van der Waals surface area contributed by atoms with E-state index < -0.39 is 0 Å². The van der Waals surface area contributed by atoms with Gasteiger partial charge in [-0.2, -0.15) is 0 Å². The summed E-state index contributed by atoms with van der Waals surface area (Å²) < 4.78 is 0. The van der Waals surface area contributed by atoms with Crippen LogP contribution in [0.25, 0.3) is 0 Å². The first-order chi connectivity index (χ1) is 13.7. The number of rotatable bonds is 5. The molecule has 0 spiro atoms. The van der Waals surface area contributed by atoms with E-state index in [1.165, 1.54) is 46.8 Å². The first kappa shape index (κ1) is 18.1. The van der Waals surface area contributed by atoms with Gasteiger partial charge < -0.3 is 10.2 Å². The van der Waals surface area contributed by atoms with Gasteiger partial charge in [0.1, 0.15) is 0 Å². The standard InChI is InChI=1S/C24H28N2OS/c1-16(19-15-17-10-11-18(19)14-17)25-24(27)12-13-26-20-6-2-4-8-22(20)28-23-9-5-3-7-21(23)26/h2-9,16-19H,10-15H2,1H3,(H,25,27)/t16-,17-,18-,19-/m0/s1. The molecule has 1 heterocycles. The third-order valence-electron chi connectivity index (χ3n) is 6.92. The molecule has 3 nitrogen and oxygen atoms in total. The summed E-state index contributed by atoms with van der Waals surface area (Å²) in [5.41, 5.74) is 2.42. The van der Waals surface area contributed by atoms with E-state index in [0.717, 1.165) is 11.8 Å². The number of carbonyl (C=O) groups excluding carboxylic acids is 1. The van der Waals surface area contributed by atoms with Crippen molar-refractivity contribution in [2.75, 3.05) is 11.4 Å². The van der Waals surface area contributed by atoms with E-state index in [9.17, 15) is 4.79 Å². The largest absolute Gasteiger partial charge is 0.353 e. The summed E-state index contributed by atoms with van der Waals surface area (Å²) in [5, 5.41) is 3.32. The molecule has 2 aliphatic carbocycles. The Balaban J connectivity index is 1.26. The Morgan fingerprint density at radius 1 is 1.07 bits per heavy atom. The van der Waals surface area contributed by atoms with Crippen LogP contribution in [0.5, 0.6) is 0 Å². The van der Waals surface area contributed by atoms with Gasteiger partial charge in [-0.3, -0.25) is 4.79 Å². The van der Waals surface area contributed by atoms with Crippen LogP contribution in [0.15, 0.2) is 58.3 Å². The number of hydrogen-bond donors (Lipinski definition) is 1. The molecule has 1 amide bonds. The van der Waals surface area contributed by atoms with Crippen molar-refractivity contribution >= 4 is 29.0 Å². The van der Waals surface area contributed by atoms with Gasteiger partial charge in [-0.05, 0) is 68.2 Å². The third-order valence-corrected chi connectivity index (χ3v) is 8.05. The number of hydrogen-bond acceptors (Lipinski definition) is 3. The van der Waals surface area contributed by atoms with Gasteiger partial charge in [0.2, 0.25) is 5.91 Å². The second-order valence-corrected chi connectivity index (χ2v) is 9.72. The predicted octanol–water partition coefficient (Wildman–Crippen LogP) is 5.62. The molecule has 0 aromatic heterocycles. The van der Waals surface area contributed by atoms with Crippen LogP contribution in [0.2, 0.25) is 0 Å². The molecular formula is C24H28N2OS. The molecular weight excluding hydrogens is 364 g/mol. The second kappa shape index (κ2) is 7.47. The average Bonchev–Trinajstić information content (AvgIpc) is 3.35. The van der Waals surface area contributed by atoms with Gasteiger partial charge in [0, 0.05) is 28.8 Å². The summed E-state index contributed by atoms with van der Waals surface area (Å²) in [7, 11) is 0. The summed E-state index contributed by atoms with van der Waals surface area (Å²) in [6, 6.07) is 17.3. The number of amides is 1. The quantitative estimate of drug-likeness (QED) is 0.717. The molecule has 2 aromatic carbocycles. The van der Waals surface area contributed by atoms with Crippen LogP contribution in [0.3, 0.4) is 0 Å². The zero-order chi connectivity index (χ0) is 19.1. The number of benzene rings is 2. The van der Waals surface area contributed by atoms with Gasteiger partial charge in [0.25, 0.3) is 0 Å². The topological polar surface area (TPSA) is 32.3 Å². The molecule has 2 fully saturated rings. The monoisotopic (exact) mass is 392 g/mol. The van der Waals surface area contributed by atoms with Gasteiger partial charge >= 0.3 is 0 Å². The lowest BCUT2D eigenvalue weighted by atomic mass is 9.84. The summed E-state index contributed by atoms with van der Waals surface area (Å²) in [5.74, 6) is 2.64. The van der Waals surface area contributed by atoms with E-state index in [-0.39, 0.29) is 5.91 Å². The van der Waals surface area contributed by atoms with Crippen molar-refractivity contribution in [2.45, 2.75) is 54.9 Å². The van der Waals surface area contributed by atoms with Crippen molar-refractivity contribution in [3.63, 3.8) is 0 Å². The van der Waals surface area contributed by atoms with Crippen molar-refractivity contribution < 1.29 is 4.79 Å². The summed E-state index contributed by atoms with van der Waals surface area (Å²) in [6.07, 6.45) is 6.01. The Labute approximate surface area is 171 Å². The minimum atomic E-state index is 0.184. The van der Waals surface area contributed by atoms with Crippen LogP contribution >= 0.6 is 11.8 Å². The fourth-order valence-electron chi connectivity index (χ4n) is 5.57. The summed E-state index contributed by atoms with van der Waals surface area (Å²) in [6.45, 7) is 2.93. The SMILES string of the molecule is C[C@H](NC(=O)CCN1c2ccccc2Sc2ccccc21)[C@@H]1C[C@H]2CC[C@H]1C2. The number of nitrogens with one attached hydrogen (secondary N) is 1. The predicted molar refractivity (Wildman–Crippen MR) is 115 cm³/mol. The highest BCUT2D eigenvalue weighted by Crippen LogP contribution is 2.50. The smallest absolute Gasteiger partial charge is 0.222 e. The van der Waals surface area contributed by atoms with Crippen LogP contribution in [-0.4, -0.2) is 18.5 Å². The first-order valence-corrected chi connectivity index (χ1v) is 11.4. The maximum absolute atomic E-state index is 12.7. The van der Waals surface area contributed by atoms with E-state index in [1.54, 1.807) is 0 Å². The number of fused-ring (bicyclic) bond motifs is 4. The zero-order valence-electron chi connectivity index (χ0n) is 16.4. The number of anilines is 2. The van der Waals surface area contributed by atoms with Crippen molar-refractivity contribution in [2.24, 2.45) is 17.8 Å². The van der Waals surface area contributed by atoms with Crippen LogP contribution in [0.4, 0.5) is 11.4 Å². The maximum atomic E-state index is 12.7. The highest BCUT2D eigenvalue weighted by Gasteiger charge is 2.42. The van der Waals surface area contributed by atoms with Crippen LogP contribution in [0, 0.1) is 17.8 Å². The molecule has 1 aliphatic heterocycles. The lowest BCUT2D eigenvalue weighted by molar-refractivity contribution is -0.122. The molecule has 4 atom stereocenters. The molecule has 2 aromatic rings. The zero-order valence-corrected chi connectivity index (χ0v) is 17.3. The molecule has 4 heteroatoms. The Morgan fingerprint density at radius 3 is 2.36 bits per heavy atom. The van der Waals surface area contributed by atoms with Crippen molar-refractivity contribution in [3.05, 3.63) is 48.5 Å². The van der Waals surface area contributed by atoms with Gasteiger partial charge in [-0.1, -0.05) is 42.4 Å². The van der Waals surface area contributed by atoms with Gasteiger partial charge in [0.05, 0.1) is 11.4 Å². The first-order valence-electron chi connectivity index (χ1n) is 10.6. The Morgan fingerprint density at radius 2 is 1.75 bits per heavy atom. The number of carbonyl (C=O) groups is 1. The van der Waals surface area contributed by atoms with Gasteiger partial charge in [-0.15, -0.1) is 0 Å². The molecule has 2 saturated carbocycles. The van der Waals surface area contributed by atoms with E-state index in [4.69, 9.17) is 0 Å². The third kappa shape index (κ3) is 3.32. The van der Waals surface area contributed by atoms with Crippen LogP contribution < -0.4 is 10.2 Å². The molecule has 0 unspecified atom stereocenters. The lowest BCUT2D eigenvalue weighted by Crippen LogP contribution is -2.41. The minimum Gasteiger partial charge on any atom is -0.353 e. The number of nitrogens with zero attached hydrogens (tertiary/aromatic N) is 1. The molecule has 3 aliphatic rings. The number of para-hydroxylation sites is 2. The van der Waals surface area contributed by atoms with E-state index in [0.29, 0.717) is 24.9 Å². The van der Waals surface area contributed by atoms with Gasteiger partial charge in [0.15, 0.2) is 0 Å². The van der Waals surface area contributed by atoms with E-state index >= 15 is 0 Å². The molecule has 146 valence electrons. The van der Waals surface area contributed by atoms with Crippen molar-refractivity contribution in [3.8, 4) is 0 Å². The second-order valence-electron chi connectivity index (χ2n) is 8.63. The molecule has 28 heavy (non-hydrogen) atoms. The highest BCUT2D eigenvalue weighted by molar-refractivity contribution is 7.99. The Hall–Kier alpha value is -1.94. The van der Waals surface area contributed by atoms with Crippen molar-refractivity contribution in [1.82, 2.24) is 5.32 Å². The molecule has 5 rings (SSSR count). The lowest BCUT2D eigenvalue weighted by Gasteiger charge is -2.33. The highest BCUT2D eigenvalue weighted by atomic mass is 32.2. The summed E-state index contributed by atoms with van der Waals surface area (Å²) >= 11 is 1.81. The Bertz CT molecular complexity index is 837. The Kier molecular flexibility index (Phi) is 4.83. The fraction of sp³-hybridized carbons (Fsp3) is 0.458. The maximum Gasteiger partial charge on any atom is 0.222 e. The summed E-state index contributed by atoms with van der Waals surface area (Å²) in [4.78, 5) is 17.6. The molecule has 0 radical (unpaired) electrons. The van der Waals surface area contributed by atoms with Crippen LogP contribution in [0.1, 0.15) is 39.0 Å².